The quantitative estimate of drug-likeness (QED) is 0.796. The number of aromatic nitrogens is 1. The van der Waals surface area contributed by atoms with Crippen LogP contribution in [0.4, 0.5) is 5.69 Å². The van der Waals surface area contributed by atoms with Crippen molar-refractivity contribution in [2.45, 2.75) is 13.3 Å². The molecule has 0 bridgehead atoms. The molecule has 0 aliphatic heterocycles. The largest absolute Gasteiger partial charge is 0.375 e. The minimum Gasteiger partial charge on any atom is -0.375 e. The molecule has 1 aromatic heterocycles. The molecule has 19 heavy (non-hydrogen) atoms. The Morgan fingerprint density at radius 3 is 2.11 bits per heavy atom. The number of pyridine rings is 1. The summed E-state index contributed by atoms with van der Waals surface area (Å²) in [5.74, 6) is 0. The van der Waals surface area contributed by atoms with Gasteiger partial charge in [0, 0.05) is 31.7 Å². The first-order valence-corrected chi connectivity index (χ1v) is 6.69. The molecule has 0 spiro atoms. The fraction of sp³-hybridized carbons (Fsp3) is 0.235. The predicted molar refractivity (Wildman–Crippen MR) is 83.2 cm³/mol. The van der Waals surface area contributed by atoms with E-state index >= 15 is 0 Å². The highest BCUT2D eigenvalue weighted by molar-refractivity contribution is 5.70. The number of hydrogen-bond donors (Lipinski definition) is 0. The first-order chi connectivity index (χ1) is 9.29. The molecule has 0 radical (unpaired) electrons. The van der Waals surface area contributed by atoms with Gasteiger partial charge in [0.15, 0.2) is 0 Å². The lowest BCUT2D eigenvalue weighted by molar-refractivity contribution is 0.852. The second-order valence-electron chi connectivity index (χ2n) is 4.63. The second kappa shape index (κ2) is 6.74. The summed E-state index contributed by atoms with van der Waals surface area (Å²) in [6, 6.07) is 12.6. The number of hydrogen-bond acceptors (Lipinski definition) is 2. The molecule has 0 N–H and O–H groups in total. The van der Waals surface area contributed by atoms with E-state index in [4.69, 9.17) is 0 Å². The van der Waals surface area contributed by atoms with Gasteiger partial charge in [-0.2, -0.15) is 0 Å². The van der Waals surface area contributed by atoms with Crippen molar-refractivity contribution in [3.8, 4) is 0 Å². The highest BCUT2D eigenvalue weighted by Gasteiger charge is 1.98. The molecule has 0 fully saturated rings. The van der Waals surface area contributed by atoms with E-state index in [0.29, 0.717) is 0 Å². The van der Waals surface area contributed by atoms with Gasteiger partial charge in [-0.1, -0.05) is 31.2 Å². The molecule has 0 saturated heterocycles. The first-order valence-electron chi connectivity index (χ1n) is 6.69. The normalized spacial score (nSPS) is 10.8. The summed E-state index contributed by atoms with van der Waals surface area (Å²) < 4.78 is 0. The van der Waals surface area contributed by atoms with Crippen LogP contribution in [0.5, 0.6) is 0 Å². The van der Waals surface area contributed by atoms with E-state index in [2.05, 4.69) is 60.3 Å². The maximum absolute atomic E-state index is 4.01. The summed E-state index contributed by atoms with van der Waals surface area (Å²) in [5.41, 5.74) is 3.65. The minimum atomic E-state index is 1.09. The molecule has 98 valence electrons. The number of rotatable bonds is 5. The Labute approximate surface area is 115 Å². The van der Waals surface area contributed by atoms with Crippen LogP contribution in [0.3, 0.4) is 0 Å². The highest BCUT2D eigenvalue weighted by atomic mass is 15.1. The van der Waals surface area contributed by atoms with Crippen molar-refractivity contribution in [3.63, 3.8) is 0 Å². The van der Waals surface area contributed by atoms with Crippen LogP contribution < -0.4 is 4.90 Å². The van der Waals surface area contributed by atoms with Gasteiger partial charge in [-0.25, -0.2) is 0 Å². The van der Waals surface area contributed by atoms with Crippen molar-refractivity contribution in [2.75, 3.05) is 18.5 Å². The van der Waals surface area contributed by atoms with Crippen LogP contribution in [0.2, 0.25) is 0 Å². The van der Waals surface area contributed by atoms with Crippen LogP contribution >= 0.6 is 0 Å². The molecule has 0 aliphatic carbocycles. The average molecular weight is 252 g/mol. The summed E-state index contributed by atoms with van der Waals surface area (Å²) in [6.45, 7) is 3.29. The van der Waals surface area contributed by atoms with Gasteiger partial charge in [0.05, 0.1) is 0 Å². The lowest BCUT2D eigenvalue weighted by Crippen LogP contribution is -2.17. The van der Waals surface area contributed by atoms with Gasteiger partial charge >= 0.3 is 0 Å². The van der Waals surface area contributed by atoms with E-state index in [1.165, 1.54) is 23.2 Å². The van der Waals surface area contributed by atoms with Crippen LogP contribution in [-0.4, -0.2) is 18.6 Å². The van der Waals surface area contributed by atoms with Crippen LogP contribution in [0.1, 0.15) is 24.5 Å². The van der Waals surface area contributed by atoms with Crippen LogP contribution in [-0.2, 0) is 0 Å². The van der Waals surface area contributed by atoms with E-state index in [9.17, 15) is 0 Å². The zero-order chi connectivity index (χ0) is 13.5. The molecule has 0 saturated carbocycles. The Kier molecular flexibility index (Phi) is 4.73. The molecule has 0 amide bonds. The van der Waals surface area contributed by atoms with Crippen molar-refractivity contribution in [1.82, 2.24) is 4.98 Å². The highest BCUT2D eigenvalue weighted by Crippen LogP contribution is 2.15. The average Bonchev–Trinajstić information content (AvgIpc) is 2.47. The summed E-state index contributed by atoms with van der Waals surface area (Å²) in [4.78, 5) is 6.28. The van der Waals surface area contributed by atoms with Gasteiger partial charge in [-0.3, -0.25) is 4.98 Å². The lowest BCUT2D eigenvalue weighted by atomic mass is 10.1. The monoisotopic (exact) mass is 252 g/mol. The van der Waals surface area contributed by atoms with Crippen LogP contribution in [0.25, 0.3) is 12.2 Å². The molecule has 1 aromatic carbocycles. The van der Waals surface area contributed by atoms with Gasteiger partial charge < -0.3 is 4.90 Å². The number of anilines is 1. The van der Waals surface area contributed by atoms with Crippen molar-refractivity contribution in [3.05, 3.63) is 59.9 Å². The van der Waals surface area contributed by atoms with Gasteiger partial charge in [0.1, 0.15) is 0 Å². The molecule has 2 aromatic rings. The zero-order valence-electron chi connectivity index (χ0n) is 11.6. The summed E-state index contributed by atoms with van der Waals surface area (Å²) in [5, 5.41) is 0. The predicted octanol–water partition coefficient (Wildman–Crippen LogP) is 4.10. The van der Waals surface area contributed by atoms with E-state index in [1.807, 2.05) is 24.5 Å². The maximum Gasteiger partial charge on any atom is 0.0364 e. The number of nitrogens with zero attached hydrogens (tertiary/aromatic N) is 2. The molecule has 0 unspecified atom stereocenters. The van der Waals surface area contributed by atoms with Crippen LogP contribution in [0.15, 0.2) is 48.8 Å². The van der Waals surface area contributed by atoms with E-state index in [0.717, 1.165) is 6.54 Å². The second-order valence-corrected chi connectivity index (χ2v) is 4.63. The molecule has 0 aliphatic rings. The Morgan fingerprint density at radius 1 is 0.947 bits per heavy atom. The van der Waals surface area contributed by atoms with Gasteiger partial charge in [0.2, 0.25) is 0 Å². The smallest absolute Gasteiger partial charge is 0.0364 e. The SMILES string of the molecule is CCCN(C)c1ccc(/C=C/c2ccncc2)cc1. The van der Waals surface area contributed by atoms with Gasteiger partial charge in [-0.15, -0.1) is 0 Å². The molecule has 1 heterocycles. The molecular formula is C17H20N2. The third-order valence-corrected chi connectivity index (χ3v) is 3.07. The van der Waals surface area contributed by atoms with E-state index in [1.54, 1.807) is 0 Å². The van der Waals surface area contributed by atoms with Crippen LogP contribution in [0, 0.1) is 0 Å². The first kappa shape index (κ1) is 13.3. The van der Waals surface area contributed by atoms with Crippen molar-refractivity contribution in [1.29, 1.82) is 0 Å². The Hall–Kier alpha value is -2.09. The fourth-order valence-corrected chi connectivity index (χ4v) is 1.97. The minimum absolute atomic E-state index is 1.09. The summed E-state index contributed by atoms with van der Waals surface area (Å²) in [7, 11) is 2.13. The zero-order valence-corrected chi connectivity index (χ0v) is 11.6. The fourth-order valence-electron chi connectivity index (χ4n) is 1.97. The molecule has 2 nitrogen and oxygen atoms in total. The summed E-state index contributed by atoms with van der Waals surface area (Å²) >= 11 is 0. The maximum atomic E-state index is 4.01. The summed E-state index contributed by atoms with van der Waals surface area (Å²) in [6.07, 6.45) is 9.01. The Balaban J connectivity index is 2.05. The third kappa shape index (κ3) is 3.95. The van der Waals surface area contributed by atoms with Gasteiger partial charge in [-0.05, 0) is 41.8 Å². The molecule has 0 atom stereocenters. The van der Waals surface area contributed by atoms with Crippen molar-refractivity contribution >= 4 is 17.8 Å². The third-order valence-electron chi connectivity index (χ3n) is 3.07. The molecule has 2 rings (SSSR count). The molecular weight excluding hydrogens is 232 g/mol. The van der Waals surface area contributed by atoms with Crippen molar-refractivity contribution < 1.29 is 0 Å². The topological polar surface area (TPSA) is 16.1 Å². The van der Waals surface area contributed by atoms with E-state index in [-0.39, 0.29) is 0 Å². The van der Waals surface area contributed by atoms with Crippen molar-refractivity contribution in [2.24, 2.45) is 0 Å². The Morgan fingerprint density at radius 2 is 1.53 bits per heavy atom. The Bertz CT molecular complexity index is 515. The molecule has 2 heteroatoms. The lowest BCUT2D eigenvalue weighted by Gasteiger charge is -2.18. The number of benzene rings is 1. The van der Waals surface area contributed by atoms with Gasteiger partial charge in [0.25, 0.3) is 0 Å². The standard InChI is InChI=1S/C17H20N2/c1-3-14-19(2)17-8-6-15(7-9-17)4-5-16-10-12-18-13-11-16/h4-13H,3,14H2,1-2H3/b5-4+. The van der Waals surface area contributed by atoms with E-state index < -0.39 is 0 Å².